The summed E-state index contributed by atoms with van der Waals surface area (Å²) in [4.78, 5) is 12.7. The predicted molar refractivity (Wildman–Crippen MR) is 107 cm³/mol. The van der Waals surface area contributed by atoms with Crippen LogP contribution in [0.5, 0.6) is 0 Å². The Hall–Kier alpha value is -2.87. The fraction of sp³-hybridized carbons (Fsp3) is 0.208. The van der Waals surface area contributed by atoms with Gasteiger partial charge in [-0.05, 0) is 34.2 Å². The number of amides is 1. The second kappa shape index (κ2) is 7.57. The van der Waals surface area contributed by atoms with E-state index in [9.17, 15) is 4.79 Å². The van der Waals surface area contributed by atoms with E-state index in [0.717, 1.165) is 11.1 Å². The van der Waals surface area contributed by atoms with Gasteiger partial charge in [-0.3, -0.25) is 4.79 Å². The zero-order valence-electron chi connectivity index (χ0n) is 15.6. The highest BCUT2D eigenvalue weighted by Crippen LogP contribution is 2.27. The number of rotatable bonds is 4. The first kappa shape index (κ1) is 17.9. The Bertz CT molecular complexity index is 846. The number of nitrogens with one attached hydrogen (secondary N) is 1. The molecule has 26 heavy (non-hydrogen) atoms. The van der Waals surface area contributed by atoms with E-state index in [0.29, 0.717) is 5.56 Å². The van der Waals surface area contributed by atoms with Crippen LogP contribution in [-0.4, -0.2) is 5.91 Å². The Balaban J connectivity index is 1.93. The van der Waals surface area contributed by atoms with Crippen LogP contribution in [0.25, 0.3) is 0 Å². The maximum absolute atomic E-state index is 12.7. The molecule has 0 aliphatic carbocycles. The Kier molecular flexibility index (Phi) is 5.22. The predicted octanol–water partition coefficient (Wildman–Crippen LogP) is 5.50. The van der Waals surface area contributed by atoms with Gasteiger partial charge in [-0.15, -0.1) is 0 Å². The molecule has 0 fully saturated rings. The number of benzene rings is 3. The summed E-state index contributed by atoms with van der Waals surface area (Å²) in [6.07, 6.45) is 0. The first-order valence-electron chi connectivity index (χ1n) is 8.96. The first-order chi connectivity index (χ1) is 12.4. The second-order valence-electron chi connectivity index (χ2n) is 7.56. The molecule has 2 nitrogen and oxygen atoms in total. The van der Waals surface area contributed by atoms with E-state index in [1.807, 2.05) is 60.7 Å². The lowest BCUT2D eigenvalue weighted by Gasteiger charge is -2.23. The highest BCUT2D eigenvalue weighted by Gasteiger charge is 2.19. The zero-order chi connectivity index (χ0) is 18.6. The van der Waals surface area contributed by atoms with Gasteiger partial charge in [0.05, 0.1) is 6.04 Å². The molecule has 0 bridgehead atoms. The summed E-state index contributed by atoms with van der Waals surface area (Å²) < 4.78 is 0. The van der Waals surface area contributed by atoms with Crippen LogP contribution in [0.4, 0.5) is 0 Å². The van der Waals surface area contributed by atoms with Gasteiger partial charge in [0.25, 0.3) is 5.91 Å². The van der Waals surface area contributed by atoms with Gasteiger partial charge in [0, 0.05) is 5.56 Å². The minimum atomic E-state index is -0.182. The highest BCUT2D eigenvalue weighted by molar-refractivity contribution is 5.94. The minimum absolute atomic E-state index is 0.0700. The lowest BCUT2D eigenvalue weighted by molar-refractivity contribution is 0.0943. The SMILES string of the molecule is CC(C)(C)c1ccc(C(NC(=O)c2ccccc2)c2ccccc2)cc1. The van der Waals surface area contributed by atoms with Gasteiger partial charge in [0.15, 0.2) is 0 Å². The van der Waals surface area contributed by atoms with Crippen molar-refractivity contribution in [2.24, 2.45) is 0 Å². The summed E-state index contributed by atoms with van der Waals surface area (Å²) in [5, 5.41) is 3.19. The van der Waals surface area contributed by atoms with Crippen molar-refractivity contribution in [1.29, 1.82) is 0 Å². The van der Waals surface area contributed by atoms with Crippen LogP contribution >= 0.6 is 0 Å². The maximum Gasteiger partial charge on any atom is 0.252 e. The quantitative estimate of drug-likeness (QED) is 0.665. The summed E-state index contributed by atoms with van der Waals surface area (Å²) in [6.45, 7) is 6.61. The lowest BCUT2D eigenvalue weighted by atomic mass is 9.85. The summed E-state index contributed by atoms with van der Waals surface area (Å²) in [6, 6.07) is 27.8. The summed E-state index contributed by atoms with van der Waals surface area (Å²) in [5.41, 5.74) is 4.20. The second-order valence-corrected chi connectivity index (χ2v) is 7.56. The topological polar surface area (TPSA) is 29.1 Å². The number of hydrogen-bond donors (Lipinski definition) is 1. The van der Waals surface area contributed by atoms with Crippen LogP contribution in [0.15, 0.2) is 84.9 Å². The Morgan fingerprint density at radius 2 is 1.23 bits per heavy atom. The van der Waals surface area contributed by atoms with Gasteiger partial charge in [-0.2, -0.15) is 0 Å². The third-order valence-electron chi connectivity index (χ3n) is 4.55. The molecule has 0 saturated carbocycles. The van der Waals surface area contributed by atoms with Crippen molar-refractivity contribution in [2.75, 3.05) is 0 Å². The molecule has 1 amide bonds. The average Bonchev–Trinajstić information content (AvgIpc) is 2.67. The molecule has 0 heterocycles. The molecule has 3 aromatic carbocycles. The van der Waals surface area contributed by atoms with Gasteiger partial charge in [0.1, 0.15) is 0 Å². The lowest BCUT2D eigenvalue weighted by Crippen LogP contribution is -2.29. The molecule has 0 radical (unpaired) electrons. The van der Waals surface area contributed by atoms with Crippen molar-refractivity contribution in [3.8, 4) is 0 Å². The molecular weight excluding hydrogens is 318 g/mol. The smallest absolute Gasteiger partial charge is 0.252 e. The van der Waals surface area contributed by atoms with Crippen molar-refractivity contribution < 1.29 is 4.79 Å². The molecule has 0 saturated heterocycles. The van der Waals surface area contributed by atoms with E-state index < -0.39 is 0 Å². The van der Waals surface area contributed by atoms with Gasteiger partial charge < -0.3 is 5.32 Å². The normalized spacial score (nSPS) is 12.4. The van der Waals surface area contributed by atoms with E-state index in [1.54, 1.807) is 0 Å². The third kappa shape index (κ3) is 4.20. The molecule has 1 unspecified atom stereocenters. The zero-order valence-corrected chi connectivity index (χ0v) is 15.6. The summed E-state index contributed by atoms with van der Waals surface area (Å²) in [5.74, 6) is -0.0700. The molecular formula is C24H25NO. The van der Waals surface area contributed by atoms with E-state index in [2.05, 4.69) is 50.4 Å². The highest BCUT2D eigenvalue weighted by atomic mass is 16.1. The van der Waals surface area contributed by atoms with Gasteiger partial charge in [0.2, 0.25) is 0 Å². The summed E-state index contributed by atoms with van der Waals surface area (Å²) in [7, 11) is 0. The van der Waals surface area contributed by atoms with Crippen LogP contribution in [0.2, 0.25) is 0 Å². The van der Waals surface area contributed by atoms with E-state index in [-0.39, 0.29) is 17.4 Å². The van der Waals surface area contributed by atoms with E-state index >= 15 is 0 Å². The van der Waals surface area contributed by atoms with Gasteiger partial charge in [-0.25, -0.2) is 0 Å². The number of carbonyl (C=O) groups is 1. The van der Waals surface area contributed by atoms with Crippen LogP contribution in [0, 0.1) is 0 Å². The van der Waals surface area contributed by atoms with Crippen molar-refractivity contribution >= 4 is 5.91 Å². The maximum atomic E-state index is 12.7. The molecule has 1 atom stereocenters. The van der Waals surface area contributed by atoms with Crippen LogP contribution < -0.4 is 5.32 Å². The monoisotopic (exact) mass is 343 g/mol. The number of hydrogen-bond acceptors (Lipinski definition) is 1. The molecule has 3 aromatic rings. The largest absolute Gasteiger partial charge is 0.341 e. The Labute approximate surface area is 155 Å². The fourth-order valence-electron chi connectivity index (χ4n) is 2.98. The standard InChI is InChI=1S/C24H25NO/c1-24(2,3)21-16-14-19(15-17-21)22(18-10-6-4-7-11-18)25-23(26)20-12-8-5-9-13-20/h4-17,22H,1-3H3,(H,25,26). The Morgan fingerprint density at radius 1 is 0.731 bits per heavy atom. The van der Waals surface area contributed by atoms with Crippen molar-refractivity contribution in [3.05, 3.63) is 107 Å². The van der Waals surface area contributed by atoms with Crippen LogP contribution in [0.3, 0.4) is 0 Å². The molecule has 0 aromatic heterocycles. The number of carbonyl (C=O) groups excluding carboxylic acids is 1. The molecule has 132 valence electrons. The molecule has 0 aliphatic rings. The van der Waals surface area contributed by atoms with Gasteiger partial charge >= 0.3 is 0 Å². The van der Waals surface area contributed by atoms with Gasteiger partial charge in [-0.1, -0.05) is 93.6 Å². The third-order valence-corrected chi connectivity index (χ3v) is 4.55. The van der Waals surface area contributed by atoms with E-state index in [4.69, 9.17) is 0 Å². The summed E-state index contributed by atoms with van der Waals surface area (Å²) >= 11 is 0. The first-order valence-corrected chi connectivity index (χ1v) is 8.96. The molecule has 0 spiro atoms. The molecule has 3 rings (SSSR count). The Morgan fingerprint density at radius 3 is 1.77 bits per heavy atom. The van der Waals surface area contributed by atoms with Crippen LogP contribution in [-0.2, 0) is 5.41 Å². The fourth-order valence-corrected chi connectivity index (χ4v) is 2.98. The molecule has 1 N–H and O–H groups in total. The molecule has 0 aliphatic heterocycles. The van der Waals surface area contributed by atoms with Crippen molar-refractivity contribution in [2.45, 2.75) is 32.2 Å². The molecule has 2 heteroatoms. The van der Waals surface area contributed by atoms with Crippen molar-refractivity contribution in [1.82, 2.24) is 5.32 Å². The minimum Gasteiger partial charge on any atom is -0.341 e. The van der Waals surface area contributed by atoms with E-state index in [1.165, 1.54) is 5.56 Å². The van der Waals surface area contributed by atoms with Crippen molar-refractivity contribution in [3.63, 3.8) is 0 Å². The van der Waals surface area contributed by atoms with Crippen LogP contribution in [0.1, 0.15) is 53.9 Å². The average molecular weight is 343 g/mol.